The first-order valence-electron chi connectivity index (χ1n) is 10.1. The number of nitrogens with zero attached hydrogens (tertiary/aromatic N) is 3. The van der Waals surface area contributed by atoms with Gasteiger partial charge in [-0.25, -0.2) is 0 Å². The van der Waals surface area contributed by atoms with Gasteiger partial charge in [-0.05, 0) is 38.0 Å². The van der Waals surface area contributed by atoms with Crippen molar-refractivity contribution in [3.8, 4) is 5.69 Å². The van der Waals surface area contributed by atoms with Gasteiger partial charge in [0.15, 0.2) is 5.16 Å². The predicted molar refractivity (Wildman–Crippen MR) is 120 cm³/mol. The van der Waals surface area contributed by atoms with Crippen molar-refractivity contribution in [2.75, 3.05) is 18.9 Å². The van der Waals surface area contributed by atoms with Crippen molar-refractivity contribution >= 4 is 23.6 Å². The molecule has 8 heteroatoms. The Morgan fingerprint density at radius 2 is 1.71 bits per heavy atom. The van der Waals surface area contributed by atoms with Crippen molar-refractivity contribution in [1.82, 2.24) is 20.1 Å². The van der Waals surface area contributed by atoms with Crippen LogP contribution in [0.2, 0.25) is 0 Å². The summed E-state index contributed by atoms with van der Waals surface area (Å²) in [5.41, 5.74) is 4.42. The second-order valence-corrected chi connectivity index (χ2v) is 8.11. The normalized spacial score (nSPS) is 10.6. The summed E-state index contributed by atoms with van der Waals surface area (Å²) >= 11 is 1.26. The zero-order valence-electron chi connectivity index (χ0n) is 17.7. The van der Waals surface area contributed by atoms with Crippen molar-refractivity contribution in [3.05, 3.63) is 71.5 Å². The number of ether oxygens (including phenoxy) is 1. The maximum absolute atomic E-state index is 12.0. The summed E-state index contributed by atoms with van der Waals surface area (Å²) < 4.78 is 7.02. The van der Waals surface area contributed by atoms with Gasteiger partial charge in [0.1, 0.15) is 12.9 Å². The first kappa shape index (κ1) is 22.6. The van der Waals surface area contributed by atoms with Crippen LogP contribution in [0.3, 0.4) is 0 Å². The number of carbonyl (C=O) groups excluding carboxylic acids is 2. The minimum Gasteiger partial charge on any atom is -0.463 e. The molecular weight excluding hydrogens is 412 g/mol. The van der Waals surface area contributed by atoms with Crippen molar-refractivity contribution < 1.29 is 14.3 Å². The van der Waals surface area contributed by atoms with Crippen LogP contribution in [0.15, 0.2) is 60.0 Å². The predicted octanol–water partition coefficient (Wildman–Crippen LogP) is 3.27. The number of aryl methyl sites for hydroxylation is 3. The Balaban J connectivity index is 1.33. The Morgan fingerprint density at radius 1 is 1.03 bits per heavy atom. The molecule has 0 spiro atoms. The highest BCUT2D eigenvalue weighted by Crippen LogP contribution is 2.19. The Morgan fingerprint density at radius 3 is 2.42 bits per heavy atom. The smallest absolute Gasteiger partial charge is 0.316 e. The molecule has 0 radical (unpaired) electrons. The fraction of sp³-hybridized carbons (Fsp3) is 0.304. The molecule has 0 aliphatic rings. The molecule has 1 amide bonds. The van der Waals surface area contributed by atoms with Crippen molar-refractivity contribution in [1.29, 1.82) is 0 Å². The second kappa shape index (κ2) is 11.3. The summed E-state index contributed by atoms with van der Waals surface area (Å²) in [6.07, 6.45) is 2.70. The topological polar surface area (TPSA) is 86.1 Å². The van der Waals surface area contributed by atoms with Crippen LogP contribution in [0.4, 0.5) is 0 Å². The maximum atomic E-state index is 12.0. The molecule has 1 heterocycles. The summed E-state index contributed by atoms with van der Waals surface area (Å²) in [6.45, 7) is 4.49. The average Bonchev–Trinajstić information content (AvgIpc) is 3.24. The van der Waals surface area contributed by atoms with Crippen LogP contribution in [-0.4, -0.2) is 45.5 Å². The van der Waals surface area contributed by atoms with Crippen molar-refractivity contribution in [2.24, 2.45) is 0 Å². The molecule has 31 heavy (non-hydrogen) atoms. The number of nitrogens with one attached hydrogen (secondary N) is 1. The second-order valence-electron chi connectivity index (χ2n) is 7.16. The van der Waals surface area contributed by atoms with E-state index in [0.29, 0.717) is 24.5 Å². The van der Waals surface area contributed by atoms with Gasteiger partial charge in [-0.15, -0.1) is 10.2 Å². The minimum absolute atomic E-state index is 0.0581. The lowest BCUT2D eigenvalue weighted by atomic mass is 10.1. The number of benzene rings is 2. The molecule has 3 rings (SSSR count). The van der Waals surface area contributed by atoms with Crippen LogP contribution >= 0.6 is 11.8 Å². The number of esters is 1. The van der Waals surface area contributed by atoms with E-state index in [2.05, 4.69) is 15.5 Å². The van der Waals surface area contributed by atoms with Gasteiger partial charge < -0.3 is 10.1 Å². The van der Waals surface area contributed by atoms with E-state index in [1.54, 1.807) is 6.33 Å². The van der Waals surface area contributed by atoms with Gasteiger partial charge in [-0.2, -0.15) is 0 Å². The SMILES string of the molecule is Cc1ccc(CCC(=O)NCCOC(=O)CSc2nncn2-c2ccc(C)cc2)cc1. The summed E-state index contributed by atoms with van der Waals surface area (Å²) in [6, 6.07) is 16.1. The number of thioether (sulfide) groups is 1. The van der Waals surface area contributed by atoms with Gasteiger partial charge in [-0.3, -0.25) is 14.2 Å². The van der Waals surface area contributed by atoms with Crippen LogP contribution < -0.4 is 5.32 Å². The summed E-state index contributed by atoms with van der Waals surface area (Å²) in [5, 5.41) is 11.4. The number of carbonyl (C=O) groups is 2. The van der Waals surface area contributed by atoms with E-state index in [0.717, 1.165) is 16.8 Å². The Hall–Kier alpha value is -3.13. The van der Waals surface area contributed by atoms with E-state index in [1.165, 1.54) is 17.3 Å². The number of rotatable bonds is 10. The lowest BCUT2D eigenvalue weighted by Gasteiger charge is -2.08. The molecule has 7 nitrogen and oxygen atoms in total. The minimum atomic E-state index is -0.364. The fourth-order valence-corrected chi connectivity index (χ4v) is 3.55. The van der Waals surface area contributed by atoms with E-state index >= 15 is 0 Å². The molecule has 0 bridgehead atoms. The number of aromatic nitrogens is 3. The average molecular weight is 439 g/mol. The van der Waals surface area contributed by atoms with Crippen LogP contribution in [0.25, 0.3) is 5.69 Å². The number of hydrogen-bond acceptors (Lipinski definition) is 6. The van der Waals surface area contributed by atoms with Crippen LogP contribution in [-0.2, 0) is 20.7 Å². The molecule has 2 aromatic carbocycles. The first-order chi connectivity index (χ1) is 15.0. The third-order valence-electron chi connectivity index (χ3n) is 4.60. The molecule has 1 aromatic heterocycles. The quantitative estimate of drug-likeness (QED) is 0.297. The summed E-state index contributed by atoms with van der Waals surface area (Å²) in [5.74, 6) is -0.305. The van der Waals surface area contributed by atoms with Crippen LogP contribution in [0.1, 0.15) is 23.1 Å². The molecule has 0 saturated carbocycles. The Labute approximate surface area is 186 Å². The summed E-state index contributed by atoms with van der Waals surface area (Å²) in [4.78, 5) is 23.9. The molecule has 0 unspecified atom stereocenters. The summed E-state index contributed by atoms with van der Waals surface area (Å²) in [7, 11) is 0. The molecule has 0 aliphatic heterocycles. The molecule has 0 aliphatic carbocycles. The zero-order chi connectivity index (χ0) is 22.1. The molecular formula is C23H26N4O3S. The molecule has 1 N–H and O–H groups in total. The van der Waals surface area contributed by atoms with Gasteiger partial charge in [0.2, 0.25) is 5.91 Å². The highest BCUT2D eigenvalue weighted by atomic mass is 32.2. The number of amides is 1. The maximum Gasteiger partial charge on any atom is 0.316 e. The molecule has 162 valence electrons. The largest absolute Gasteiger partial charge is 0.463 e. The van der Waals surface area contributed by atoms with Gasteiger partial charge in [0.05, 0.1) is 12.3 Å². The lowest BCUT2D eigenvalue weighted by Crippen LogP contribution is -2.28. The zero-order valence-corrected chi connectivity index (χ0v) is 18.5. The monoisotopic (exact) mass is 438 g/mol. The highest BCUT2D eigenvalue weighted by Gasteiger charge is 2.11. The Kier molecular flexibility index (Phi) is 8.23. The van der Waals surface area contributed by atoms with E-state index in [1.807, 2.05) is 66.9 Å². The van der Waals surface area contributed by atoms with Crippen molar-refractivity contribution in [2.45, 2.75) is 31.8 Å². The third kappa shape index (κ3) is 7.25. The molecule has 3 aromatic rings. The van der Waals surface area contributed by atoms with E-state index < -0.39 is 0 Å². The molecule has 0 saturated heterocycles. The van der Waals surface area contributed by atoms with Gasteiger partial charge in [0.25, 0.3) is 0 Å². The van der Waals surface area contributed by atoms with Gasteiger partial charge in [0, 0.05) is 12.1 Å². The first-order valence-corrected chi connectivity index (χ1v) is 11.1. The van der Waals surface area contributed by atoms with E-state index in [9.17, 15) is 9.59 Å². The van der Waals surface area contributed by atoms with Crippen LogP contribution in [0, 0.1) is 13.8 Å². The standard InChI is InChI=1S/C23H26N4O3S/c1-17-3-7-19(8-4-17)9-12-21(28)24-13-14-30-22(29)15-31-23-26-25-16-27(23)20-10-5-18(2)6-11-20/h3-8,10-11,16H,9,12-15H2,1-2H3,(H,24,28). The van der Waals surface area contributed by atoms with Crippen LogP contribution in [0.5, 0.6) is 0 Å². The molecule has 0 atom stereocenters. The van der Waals surface area contributed by atoms with Gasteiger partial charge in [-0.1, -0.05) is 59.3 Å². The third-order valence-corrected chi connectivity index (χ3v) is 5.51. The highest BCUT2D eigenvalue weighted by molar-refractivity contribution is 7.99. The Bertz CT molecular complexity index is 1000. The van der Waals surface area contributed by atoms with E-state index in [4.69, 9.17) is 4.74 Å². The number of hydrogen-bond donors (Lipinski definition) is 1. The van der Waals surface area contributed by atoms with Crippen molar-refractivity contribution in [3.63, 3.8) is 0 Å². The van der Waals surface area contributed by atoms with Gasteiger partial charge >= 0.3 is 5.97 Å². The van der Waals surface area contributed by atoms with E-state index in [-0.39, 0.29) is 24.2 Å². The fourth-order valence-electron chi connectivity index (χ4n) is 2.83. The molecule has 0 fully saturated rings. The lowest BCUT2D eigenvalue weighted by molar-refractivity contribution is -0.140.